The van der Waals surface area contributed by atoms with Crippen LogP contribution in [0.15, 0.2) is 0 Å². The highest BCUT2D eigenvalue weighted by molar-refractivity contribution is 5.68. The third kappa shape index (κ3) is 5.37. The number of hydrogen-bond donors (Lipinski definition) is 1. The largest absolute Gasteiger partial charge is 0.444 e. The van der Waals surface area contributed by atoms with Crippen molar-refractivity contribution >= 4 is 6.09 Å². The molecule has 0 spiro atoms. The fourth-order valence-electron chi connectivity index (χ4n) is 4.13. The van der Waals surface area contributed by atoms with Gasteiger partial charge in [-0.1, -0.05) is 19.8 Å². The second-order valence-corrected chi connectivity index (χ2v) is 8.49. The van der Waals surface area contributed by atoms with Gasteiger partial charge in [-0.3, -0.25) is 0 Å². The number of likely N-dealkylation sites (tertiary alicyclic amines) is 1. The summed E-state index contributed by atoms with van der Waals surface area (Å²) in [4.78, 5) is 14.2. The minimum absolute atomic E-state index is 0.151. The van der Waals surface area contributed by atoms with Gasteiger partial charge in [0.25, 0.3) is 0 Å². The fourth-order valence-corrected chi connectivity index (χ4v) is 4.13. The first-order valence-electron chi connectivity index (χ1n) is 9.54. The standard InChI is InChI=1S/C19H36N2O2/c1-6-15-9-7-11-17(15)20-14(2)16-10-8-12-21(13-16)18(22)23-19(3,4)5/h14-17,20H,6-13H2,1-5H3. The van der Waals surface area contributed by atoms with Crippen LogP contribution in [-0.4, -0.2) is 41.8 Å². The highest BCUT2D eigenvalue weighted by Gasteiger charge is 2.33. The van der Waals surface area contributed by atoms with Gasteiger partial charge in [-0.25, -0.2) is 4.79 Å². The van der Waals surface area contributed by atoms with E-state index in [0.29, 0.717) is 18.0 Å². The molecule has 2 aliphatic rings. The summed E-state index contributed by atoms with van der Waals surface area (Å²) in [5.74, 6) is 1.37. The van der Waals surface area contributed by atoms with E-state index in [1.807, 2.05) is 25.7 Å². The number of piperidine rings is 1. The lowest BCUT2D eigenvalue weighted by molar-refractivity contribution is 0.0145. The lowest BCUT2D eigenvalue weighted by Crippen LogP contribution is -2.50. The summed E-state index contributed by atoms with van der Waals surface area (Å²) in [5, 5.41) is 3.88. The van der Waals surface area contributed by atoms with Gasteiger partial charge in [-0.15, -0.1) is 0 Å². The van der Waals surface area contributed by atoms with E-state index in [1.54, 1.807) is 0 Å². The summed E-state index contributed by atoms with van der Waals surface area (Å²) < 4.78 is 5.54. The van der Waals surface area contributed by atoms with Crippen LogP contribution >= 0.6 is 0 Å². The van der Waals surface area contributed by atoms with E-state index in [0.717, 1.165) is 25.4 Å². The third-order valence-corrected chi connectivity index (χ3v) is 5.48. The highest BCUT2D eigenvalue weighted by atomic mass is 16.6. The molecular formula is C19H36N2O2. The van der Waals surface area contributed by atoms with Gasteiger partial charge in [-0.05, 0) is 65.2 Å². The number of nitrogens with zero attached hydrogens (tertiary/aromatic N) is 1. The Labute approximate surface area is 142 Å². The maximum Gasteiger partial charge on any atom is 0.410 e. The monoisotopic (exact) mass is 324 g/mol. The van der Waals surface area contributed by atoms with Crippen molar-refractivity contribution in [3.8, 4) is 0 Å². The molecule has 0 aromatic heterocycles. The molecule has 2 fully saturated rings. The molecule has 1 N–H and O–H groups in total. The van der Waals surface area contributed by atoms with Gasteiger partial charge < -0.3 is 15.0 Å². The zero-order valence-corrected chi connectivity index (χ0v) is 15.7. The summed E-state index contributed by atoms with van der Waals surface area (Å²) in [6.45, 7) is 12.1. The summed E-state index contributed by atoms with van der Waals surface area (Å²) in [6, 6.07) is 1.14. The van der Waals surface area contributed by atoms with Crippen LogP contribution in [0.5, 0.6) is 0 Å². The van der Waals surface area contributed by atoms with Gasteiger partial charge in [0.1, 0.15) is 5.60 Å². The summed E-state index contributed by atoms with van der Waals surface area (Å²) in [5.41, 5.74) is -0.411. The zero-order chi connectivity index (χ0) is 17.0. The number of rotatable bonds is 4. The molecule has 2 rings (SSSR count). The molecule has 134 valence electrons. The molecule has 0 radical (unpaired) electrons. The van der Waals surface area contributed by atoms with E-state index < -0.39 is 5.60 Å². The molecule has 1 saturated carbocycles. The van der Waals surface area contributed by atoms with Crippen molar-refractivity contribution in [2.45, 2.75) is 90.8 Å². The minimum Gasteiger partial charge on any atom is -0.444 e. The third-order valence-electron chi connectivity index (χ3n) is 5.48. The van der Waals surface area contributed by atoms with E-state index in [2.05, 4.69) is 19.2 Å². The Kier molecular flexibility index (Phi) is 6.35. The number of nitrogens with one attached hydrogen (secondary N) is 1. The average molecular weight is 325 g/mol. The molecule has 1 heterocycles. The van der Waals surface area contributed by atoms with Crippen LogP contribution < -0.4 is 5.32 Å². The lowest BCUT2D eigenvalue weighted by atomic mass is 9.90. The molecule has 1 amide bonds. The molecule has 4 atom stereocenters. The highest BCUT2D eigenvalue weighted by Crippen LogP contribution is 2.30. The first-order valence-corrected chi connectivity index (χ1v) is 9.54. The second-order valence-electron chi connectivity index (χ2n) is 8.49. The number of ether oxygens (including phenoxy) is 1. The first kappa shape index (κ1) is 18.6. The average Bonchev–Trinajstić information content (AvgIpc) is 2.92. The molecule has 1 aliphatic carbocycles. The van der Waals surface area contributed by atoms with Gasteiger partial charge in [0.2, 0.25) is 0 Å². The van der Waals surface area contributed by atoms with Crippen LogP contribution in [0.1, 0.15) is 73.1 Å². The van der Waals surface area contributed by atoms with Crippen LogP contribution in [0.2, 0.25) is 0 Å². The molecule has 0 aromatic carbocycles. The lowest BCUT2D eigenvalue weighted by Gasteiger charge is -2.38. The molecule has 1 aliphatic heterocycles. The van der Waals surface area contributed by atoms with E-state index in [9.17, 15) is 4.79 Å². The maximum atomic E-state index is 12.3. The summed E-state index contributed by atoms with van der Waals surface area (Å²) in [6.07, 6.45) is 7.45. The first-order chi connectivity index (χ1) is 10.8. The van der Waals surface area contributed by atoms with Crippen molar-refractivity contribution in [3.05, 3.63) is 0 Å². The molecule has 0 aromatic rings. The van der Waals surface area contributed by atoms with Gasteiger partial charge >= 0.3 is 6.09 Å². The fraction of sp³-hybridized carbons (Fsp3) is 0.947. The van der Waals surface area contributed by atoms with Crippen LogP contribution in [0.3, 0.4) is 0 Å². The Morgan fingerprint density at radius 3 is 2.65 bits per heavy atom. The van der Waals surface area contributed by atoms with E-state index in [4.69, 9.17) is 4.74 Å². The smallest absolute Gasteiger partial charge is 0.410 e. The van der Waals surface area contributed by atoms with Gasteiger partial charge in [0.15, 0.2) is 0 Å². The van der Waals surface area contributed by atoms with E-state index in [-0.39, 0.29) is 6.09 Å². The van der Waals surface area contributed by atoms with Gasteiger partial charge in [0.05, 0.1) is 0 Å². The second kappa shape index (κ2) is 7.87. The summed E-state index contributed by atoms with van der Waals surface area (Å²) in [7, 11) is 0. The van der Waals surface area contributed by atoms with Crippen LogP contribution in [-0.2, 0) is 4.74 Å². The number of hydrogen-bond acceptors (Lipinski definition) is 3. The Morgan fingerprint density at radius 2 is 2.00 bits per heavy atom. The number of amides is 1. The normalized spacial score (nSPS) is 30.3. The van der Waals surface area contributed by atoms with Crippen molar-refractivity contribution in [1.29, 1.82) is 0 Å². The van der Waals surface area contributed by atoms with E-state index >= 15 is 0 Å². The molecule has 4 nitrogen and oxygen atoms in total. The Balaban J connectivity index is 1.86. The van der Waals surface area contributed by atoms with Crippen molar-refractivity contribution in [2.75, 3.05) is 13.1 Å². The van der Waals surface area contributed by atoms with Crippen LogP contribution in [0.25, 0.3) is 0 Å². The molecule has 1 saturated heterocycles. The molecule has 0 bridgehead atoms. The van der Waals surface area contributed by atoms with Gasteiger partial charge in [0, 0.05) is 25.2 Å². The van der Waals surface area contributed by atoms with Crippen LogP contribution in [0, 0.1) is 11.8 Å². The SMILES string of the molecule is CCC1CCCC1NC(C)C1CCCN(C(=O)OC(C)(C)C)C1. The quantitative estimate of drug-likeness (QED) is 0.843. The van der Waals surface area contributed by atoms with E-state index in [1.165, 1.54) is 32.1 Å². The maximum absolute atomic E-state index is 12.3. The molecule has 4 unspecified atom stereocenters. The zero-order valence-electron chi connectivity index (χ0n) is 15.7. The predicted octanol–water partition coefficient (Wildman–Crippen LogP) is 4.19. The minimum atomic E-state index is -0.411. The topological polar surface area (TPSA) is 41.6 Å². The molecule has 23 heavy (non-hydrogen) atoms. The predicted molar refractivity (Wildman–Crippen MR) is 94.5 cm³/mol. The van der Waals surface area contributed by atoms with Crippen molar-refractivity contribution in [2.24, 2.45) is 11.8 Å². The molecule has 4 heteroatoms. The number of carbonyl (C=O) groups is 1. The Morgan fingerprint density at radius 1 is 1.26 bits per heavy atom. The Bertz CT molecular complexity index is 391. The number of carbonyl (C=O) groups excluding carboxylic acids is 1. The Hall–Kier alpha value is -0.770. The molecular weight excluding hydrogens is 288 g/mol. The van der Waals surface area contributed by atoms with Crippen molar-refractivity contribution < 1.29 is 9.53 Å². The van der Waals surface area contributed by atoms with Gasteiger partial charge in [-0.2, -0.15) is 0 Å². The summed E-state index contributed by atoms with van der Waals surface area (Å²) >= 11 is 0. The van der Waals surface area contributed by atoms with Crippen LogP contribution in [0.4, 0.5) is 4.79 Å². The van der Waals surface area contributed by atoms with Crippen molar-refractivity contribution in [3.63, 3.8) is 0 Å². The van der Waals surface area contributed by atoms with Crippen molar-refractivity contribution in [1.82, 2.24) is 10.2 Å².